The summed E-state index contributed by atoms with van der Waals surface area (Å²) >= 11 is 6.20. The molecule has 2 aromatic carbocycles. The second-order valence-electron chi connectivity index (χ2n) is 9.97. The number of tetrazole rings is 1. The summed E-state index contributed by atoms with van der Waals surface area (Å²) in [4.78, 5) is 45.4. The SMILES string of the molecule is COC(=O)Cc1ccc2c(c1)NCCCCC[C@H](NC(=O)/C=C/c1cc(Cl)ccc1-n1cnnn1)c1nc-2c(C(N)=O)[nH]1. The van der Waals surface area contributed by atoms with Crippen molar-refractivity contribution in [1.29, 1.82) is 0 Å². The minimum Gasteiger partial charge on any atom is -0.469 e. The molecule has 0 fully saturated rings. The number of anilines is 1. The van der Waals surface area contributed by atoms with E-state index in [1.165, 1.54) is 24.2 Å². The van der Waals surface area contributed by atoms with Gasteiger partial charge >= 0.3 is 5.97 Å². The first kappa shape index (κ1) is 29.5. The van der Waals surface area contributed by atoms with E-state index in [1.54, 1.807) is 36.4 Å². The molecule has 2 amide bonds. The fourth-order valence-corrected chi connectivity index (χ4v) is 5.08. The smallest absolute Gasteiger partial charge is 0.309 e. The van der Waals surface area contributed by atoms with E-state index in [1.807, 2.05) is 6.07 Å². The Bertz CT molecular complexity index is 1670. The Kier molecular flexibility index (Phi) is 9.11. The van der Waals surface area contributed by atoms with E-state index in [4.69, 9.17) is 27.1 Å². The molecule has 5 rings (SSSR count). The molecule has 1 aliphatic rings. The van der Waals surface area contributed by atoms with Crippen LogP contribution in [0.1, 0.15) is 59.2 Å². The Morgan fingerprint density at radius 2 is 2.05 bits per heavy atom. The Labute approximate surface area is 251 Å². The second kappa shape index (κ2) is 13.3. The molecular weight excluding hydrogens is 574 g/mol. The van der Waals surface area contributed by atoms with Crippen LogP contribution >= 0.6 is 11.6 Å². The third kappa shape index (κ3) is 7.07. The molecule has 3 heterocycles. The maximum absolute atomic E-state index is 13.2. The number of benzene rings is 2. The average Bonchev–Trinajstić information content (AvgIpc) is 3.68. The van der Waals surface area contributed by atoms with Gasteiger partial charge < -0.3 is 26.1 Å². The van der Waals surface area contributed by atoms with Crippen LogP contribution in [0.5, 0.6) is 0 Å². The molecule has 2 bridgehead atoms. The van der Waals surface area contributed by atoms with Crippen LogP contribution in [0.2, 0.25) is 5.02 Å². The predicted octanol–water partition coefficient (Wildman–Crippen LogP) is 3.38. The number of aromatic amines is 1. The molecule has 14 heteroatoms. The Hall–Kier alpha value is -5.04. The number of hydrogen-bond donors (Lipinski definition) is 4. The third-order valence-electron chi connectivity index (χ3n) is 7.02. The van der Waals surface area contributed by atoms with Gasteiger partial charge in [-0.3, -0.25) is 14.4 Å². The molecule has 1 atom stereocenters. The number of H-pyrrole nitrogens is 1. The summed E-state index contributed by atoms with van der Waals surface area (Å²) in [7, 11) is 1.34. The molecule has 0 spiro atoms. The number of primary amides is 1. The van der Waals surface area contributed by atoms with Gasteiger partial charge in [-0.2, -0.15) is 4.68 Å². The van der Waals surface area contributed by atoms with Crippen LogP contribution in [0.15, 0.2) is 48.8 Å². The zero-order chi connectivity index (χ0) is 30.3. The average molecular weight is 604 g/mol. The standard InChI is InChI=1S/C29H30ClN9O4/c1-43-25(41)14-17-6-9-20-22(13-17)32-12-4-2-3-5-21(29-35-26(20)27(36-29)28(31)42)34-24(40)11-7-18-15-19(30)8-10-23(18)39-16-33-37-38-39/h6-11,13,15-16,21,32H,2-5,12,14H2,1H3,(H2,31,42)(H,34,40)(H,35,36)/b11-7+/t21-/m0/s1. The van der Waals surface area contributed by atoms with Crippen molar-refractivity contribution in [2.45, 2.75) is 38.1 Å². The molecule has 0 radical (unpaired) electrons. The molecule has 0 aliphatic carbocycles. The van der Waals surface area contributed by atoms with Crippen LogP contribution < -0.4 is 16.4 Å². The number of methoxy groups -OCH3 is 1. The first-order valence-corrected chi connectivity index (χ1v) is 14.1. The molecule has 0 unspecified atom stereocenters. The van der Waals surface area contributed by atoms with Gasteiger partial charge in [-0.1, -0.05) is 36.6 Å². The zero-order valence-electron chi connectivity index (χ0n) is 23.3. The maximum atomic E-state index is 13.2. The molecule has 43 heavy (non-hydrogen) atoms. The minimum absolute atomic E-state index is 0.105. The Balaban J connectivity index is 1.45. The molecular formula is C29H30ClN9O4. The van der Waals surface area contributed by atoms with E-state index in [0.717, 1.165) is 24.8 Å². The molecule has 2 aromatic heterocycles. The lowest BCUT2D eigenvalue weighted by atomic mass is 10.0. The van der Waals surface area contributed by atoms with Crippen molar-refractivity contribution < 1.29 is 19.1 Å². The number of halogens is 1. The van der Waals surface area contributed by atoms with Crippen LogP contribution in [-0.4, -0.2) is 61.6 Å². The van der Waals surface area contributed by atoms with Gasteiger partial charge in [-0.15, -0.1) is 5.10 Å². The fraction of sp³-hybridized carbons (Fsp3) is 0.276. The number of nitrogens with one attached hydrogen (secondary N) is 3. The van der Waals surface area contributed by atoms with Crippen LogP contribution in [0.25, 0.3) is 23.0 Å². The highest BCUT2D eigenvalue weighted by Crippen LogP contribution is 2.33. The Morgan fingerprint density at radius 3 is 2.81 bits per heavy atom. The number of nitrogens with zero attached hydrogens (tertiary/aromatic N) is 5. The van der Waals surface area contributed by atoms with E-state index >= 15 is 0 Å². The molecule has 222 valence electrons. The first-order valence-electron chi connectivity index (χ1n) is 13.7. The van der Waals surface area contributed by atoms with Crippen molar-refractivity contribution in [2.24, 2.45) is 5.73 Å². The highest BCUT2D eigenvalue weighted by Gasteiger charge is 2.25. The number of imidazole rings is 1. The van der Waals surface area contributed by atoms with Gasteiger partial charge in [0, 0.05) is 34.5 Å². The van der Waals surface area contributed by atoms with Crippen molar-refractivity contribution in [3.8, 4) is 16.9 Å². The predicted molar refractivity (Wildman–Crippen MR) is 159 cm³/mol. The molecule has 5 N–H and O–H groups in total. The number of ether oxygens (including phenoxy) is 1. The lowest BCUT2D eigenvalue weighted by Crippen LogP contribution is -2.28. The highest BCUT2D eigenvalue weighted by molar-refractivity contribution is 6.30. The molecule has 1 aliphatic heterocycles. The van der Waals surface area contributed by atoms with Crippen LogP contribution in [0.3, 0.4) is 0 Å². The highest BCUT2D eigenvalue weighted by atomic mass is 35.5. The largest absolute Gasteiger partial charge is 0.469 e. The third-order valence-corrected chi connectivity index (χ3v) is 7.25. The number of aromatic nitrogens is 6. The second-order valence-corrected chi connectivity index (χ2v) is 10.4. The van der Waals surface area contributed by atoms with Crippen molar-refractivity contribution in [3.63, 3.8) is 0 Å². The Morgan fingerprint density at radius 1 is 1.19 bits per heavy atom. The molecule has 0 saturated carbocycles. The van der Waals surface area contributed by atoms with Crippen LogP contribution in [0.4, 0.5) is 5.69 Å². The van der Waals surface area contributed by atoms with Gasteiger partial charge in [-0.25, -0.2) is 4.98 Å². The van der Waals surface area contributed by atoms with Gasteiger partial charge in [0.15, 0.2) is 0 Å². The summed E-state index contributed by atoms with van der Waals surface area (Å²) in [5.74, 6) is -1.00. The van der Waals surface area contributed by atoms with Crippen molar-refractivity contribution >= 4 is 41.1 Å². The number of fused-ring (bicyclic) bond motifs is 4. The lowest BCUT2D eigenvalue weighted by Gasteiger charge is -2.17. The monoisotopic (exact) mass is 603 g/mol. The quantitative estimate of drug-likeness (QED) is 0.182. The van der Waals surface area contributed by atoms with Gasteiger partial charge in [0.25, 0.3) is 5.91 Å². The lowest BCUT2D eigenvalue weighted by molar-refractivity contribution is -0.139. The molecule has 0 saturated heterocycles. The number of nitrogens with two attached hydrogens (primary N) is 1. The van der Waals surface area contributed by atoms with Crippen LogP contribution in [0, 0.1) is 0 Å². The van der Waals surface area contributed by atoms with Crippen LogP contribution in [-0.2, 0) is 20.7 Å². The number of esters is 1. The number of rotatable bonds is 7. The van der Waals surface area contributed by atoms with Crippen molar-refractivity contribution in [1.82, 2.24) is 35.5 Å². The van der Waals surface area contributed by atoms with Gasteiger partial charge in [0.2, 0.25) is 5.91 Å². The van der Waals surface area contributed by atoms with Gasteiger partial charge in [0.1, 0.15) is 23.5 Å². The summed E-state index contributed by atoms with van der Waals surface area (Å²) in [6, 6.07) is 10.1. The topological polar surface area (TPSA) is 183 Å². The first-order chi connectivity index (χ1) is 20.8. The van der Waals surface area contributed by atoms with E-state index in [-0.39, 0.29) is 24.0 Å². The number of carbonyl (C=O) groups excluding carboxylic acids is 3. The van der Waals surface area contributed by atoms with E-state index in [9.17, 15) is 14.4 Å². The molecule has 4 aromatic rings. The number of amides is 2. The van der Waals surface area contributed by atoms with Crippen molar-refractivity contribution in [3.05, 3.63) is 76.5 Å². The van der Waals surface area contributed by atoms with Gasteiger partial charge in [-0.05, 0) is 59.2 Å². The van der Waals surface area contributed by atoms with Crippen molar-refractivity contribution in [2.75, 3.05) is 19.0 Å². The summed E-state index contributed by atoms with van der Waals surface area (Å²) in [5, 5.41) is 18.2. The zero-order valence-corrected chi connectivity index (χ0v) is 24.1. The number of hydrogen-bond acceptors (Lipinski definition) is 9. The number of carbonyl (C=O) groups is 3. The molecule has 13 nitrogen and oxygen atoms in total. The van der Waals surface area contributed by atoms with E-state index < -0.39 is 11.9 Å². The fourth-order valence-electron chi connectivity index (χ4n) is 4.90. The normalized spacial score (nSPS) is 15.1. The summed E-state index contributed by atoms with van der Waals surface area (Å²) in [6.45, 7) is 0.668. The summed E-state index contributed by atoms with van der Waals surface area (Å²) < 4.78 is 6.28. The maximum Gasteiger partial charge on any atom is 0.309 e. The van der Waals surface area contributed by atoms with Gasteiger partial charge in [0.05, 0.1) is 25.3 Å². The summed E-state index contributed by atoms with van der Waals surface area (Å²) in [6.07, 6.45) is 7.73. The summed E-state index contributed by atoms with van der Waals surface area (Å²) in [5.41, 5.74) is 9.63. The van der Waals surface area contributed by atoms with E-state index in [0.29, 0.717) is 52.0 Å². The van der Waals surface area contributed by atoms with E-state index in [2.05, 4.69) is 31.1 Å². The minimum atomic E-state index is -0.686.